The number of aliphatic hydroxyl groups is 1. The van der Waals surface area contributed by atoms with Gasteiger partial charge in [0.05, 0.1) is 4.47 Å². The van der Waals surface area contributed by atoms with Crippen LogP contribution in [0.2, 0.25) is 0 Å². The molecule has 0 aliphatic heterocycles. The Hall–Kier alpha value is -0.480. The van der Waals surface area contributed by atoms with Gasteiger partial charge < -0.3 is 5.11 Å². The van der Waals surface area contributed by atoms with Gasteiger partial charge in [-0.2, -0.15) is 0 Å². The first-order valence-corrected chi connectivity index (χ1v) is 4.61. The zero-order valence-corrected chi connectivity index (χ0v) is 8.61. The Bertz CT molecular complexity index is 315. The third-order valence-corrected chi connectivity index (χ3v) is 2.68. The largest absolute Gasteiger partial charge is 0.396 e. The summed E-state index contributed by atoms with van der Waals surface area (Å²) in [7, 11) is 0. The fraction of sp³-hybridized carbons (Fsp3) is 0.333. The summed E-state index contributed by atoms with van der Waals surface area (Å²) in [6, 6.07) is 2.52. The number of halogens is 3. The van der Waals surface area contributed by atoms with Gasteiger partial charge in [-0.1, -0.05) is 13.0 Å². The number of benzene rings is 1. The van der Waals surface area contributed by atoms with Gasteiger partial charge in [0.2, 0.25) is 0 Å². The fourth-order valence-electron chi connectivity index (χ4n) is 1.02. The van der Waals surface area contributed by atoms with Gasteiger partial charge in [0.15, 0.2) is 11.6 Å². The molecule has 0 heterocycles. The van der Waals surface area contributed by atoms with Crippen molar-refractivity contribution in [2.45, 2.75) is 12.8 Å². The quantitative estimate of drug-likeness (QED) is 0.801. The van der Waals surface area contributed by atoms with Gasteiger partial charge >= 0.3 is 0 Å². The molecule has 0 aromatic heterocycles. The van der Waals surface area contributed by atoms with Gasteiger partial charge in [0.25, 0.3) is 0 Å². The Morgan fingerprint density at radius 3 is 2.62 bits per heavy atom. The lowest BCUT2D eigenvalue weighted by Crippen LogP contribution is -2.02. The Kier molecular flexibility index (Phi) is 3.39. The summed E-state index contributed by atoms with van der Waals surface area (Å²) in [6.45, 7) is 1.64. The van der Waals surface area contributed by atoms with E-state index in [2.05, 4.69) is 15.9 Å². The van der Waals surface area contributed by atoms with Crippen LogP contribution in [0.25, 0.3) is 0 Å². The van der Waals surface area contributed by atoms with E-state index in [0.29, 0.717) is 5.56 Å². The van der Waals surface area contributed by atoms with Crippen molar-refractivity contribution in [3.63, 3.8) is 0 Å². The highest BCUT2D eigenvalue weighted by molar-refractivity contribution is 9.10. The Morgan fingerprint density at radius 1 is 1.46 bits per heavy atom. The molecule has 0 fully saturated rings. The molecule has 0 saturated heterocycles. The molecule has 4 heteroatoms. The highest BCUT2D eigenvalue weighted by Crippen LogP contribution is 2.28. The van der Waals surface area contributed by atoms with Crippen molar-refractivity contribution in [1.82, 2.24) is 0 Å². The van der Waals surface area contributed by atoms with Gasteiger partial charge in [0.1, 0.15) is 0 Å². The maximum absolute atomic E-state index is 13.0. The zero-order chi connectivity index (χ0) is 10.0. The molecule has 0 radical (unpaired) electrons. The highest BCUT2D eigenvalue weighted by atomic mass is 79.9. The Morgan fingerprint density at radius 2 is 2.08 bits per heavy atom. The van der Waals surface area contributed by atoms with E-state index in [1.165, 1.54) is 6.07 Å². The molecule has 0 spiro atoms. The molecule has 0 bridgehead atoms. The molecule has 1 N–H and O–H groups in total. The zero-order valence-electron chi connectivity index (χ0n) is 7.02. The molecule has 72 valence electrons. The van der Waals surface area contributed by atoms with Crippen molar-refractivity contribution in [3.8, 4) is 0 Å². The summed E-state index contributed by atoms with van der Waals surface area (Å²) in [4.78, 5) is 0. The second-order valence-corrected chi connectivity index (χ2v) is 3.64. The minimum Gasteiger partial charge on any atom is -0.396 e. The third-order valence-electron chi connectivity index (χ3n) is 1.87. The van der Waals surface area contributed by atoms with E-state index in [1.54, 1.807) is 6.92 Å². The average Bonchev–Trinajstić information content (AvgIpc) is 2.13. The normalized spacial score (nSPS) is 13.0. The molecule has 1 aromatic rings. The lowest BCUT2D eigenvalue weighted by atomic mass is 10.0. The van der Waals surface area contributed by atoms with Crippen LogP contribution in [-0.2, 0) is 0 Å². The van der Waals surface area contributed by atoms with Crippen molar-refractivity contribution < 1.29 is 13.9 Å². The second-order valence-electron chi connectivity index (χ2n) is 2.85. The maximum Gasteiger partial charge on any atom is 0.173 e. The summed E-state index contributed by atoms with van der Waals surface area (Å²) >= 11 is 2.95. The minimum atomic E-state index is -0.905. The molecule has 13 heavy (non-hydrogen) atoms. The maximum atomic E-state index is 13.0. The summed E-state index contributed by atoms with van der Waals surface area (Å²) in [6.07, 6.45) is 0. The van der Waals surface area contributed by atoms with E-state index in [9.17, 15) is 8.78 Å². The monoisotopic (exact) mass is 250 g/mol. The topological polar surface area (TPSA) is 20.2 Å². The van der Waals surface area contributed by atoms with Gasteiger partial charge in [0, 0.05) is 12.5 Å². The molecule has 1 unspecified atom stereocenters. The van der Waals surface area contributed by atoms with Crippen LogP contribution < -0.4 is 0 Å². The second kappa shape index (κ2) is 4.15. The van der Waals surface area contributed by atoms with Crippen molar-refractivity contribution in [2.24, 2.45) is 0 Å². The fourth-order valence-corrected chi connectivity index (χ4v) is 1.73. The van der Waals surface area contributed by atoms with E-state index < -0.39 is 11.6 Å². The van der Waals surface area contributed by atoms with Crippen LogP contribution in [0.5, 0.6) is 0 Å². The Labute approximate surface area is 83.5 Å². The van der Waals surface area contributed by atoms with Gasteiger partial charge in [-0.05, 0) is 27.6 Å². The molecular formula is C9H9BrF2O. The summed E-state index contributed by atoms with van der Waals surface area (Å²) in [5.41, 5.74) is 0.571. The van der Waals surface area contributed by atoms with Crippen molar-refractivity contribution >= 4 is 15.9 Å². The molecule has 1 rings (SSSR count). The summed E-state index contributed by atoms with van der Waals surface area (Å²) in [5, 5.41) is 8.84. The highest BCUT2D eigenvalue weighted by Gasteiger charge is 2.14. The predicted octanol–water partition coefficient (Wildman–Crippen LogP) is 2.82. The van der Waals surface area contributed by atoms with Crippen LogP contribution in [0, 0.1) is 11.6 Å². The van der Waals surface area contributed by atoms with Gasteiger partial charge in [-0.3, -0.25) is 0 Å². The van der Waals surface area contributed by atoms with Crippen LogP contribution in [0.4, 0.5) is 8.78 Å². The average molecular weight is 251 g/mol. The predicted molar refractivity (Wildman–Crippen MR) is 49.6 cm³/mol. The molecule has 0 aliphatic rings. The molecule has 1 aromatic carbocycles. The lowest BCUT2D eigenvalue weighted by Gasteiger charge is -2.11. The van der Waals surface area contributed by atoms with Crippen LogP contribution >= 0.6 is 15.9 Å². The van der Waals surface area contributed by atoms with Crippen molar-refractivity contribution in [1.29, 1.82) is 0 Å². The molecule has 1 atom stereocenters. The van der Waals surface area contributed by atoms with E-state index in [-0.39, 0.29) is 17.0 Å². The van der Waals surface area contributed by atoms with E-state index in [1.807, 2.05) is 0 Å². The van der Waals surface area contributed by atoms with E-state index in [0.717, 1.165) is 6.07 Å². The Balaban J connectivity index is 3.18. The van der Waals surface area contributed by atoms with Crippen LogP contribution in [0.3, 0.4) is 0 Å². The summed E-state index contributed by atoms with van der Waals surface area (Å²) < 4.78 is 25.7. The first-order chi connectivity index (χ1) is 6.07. The first-order valence-electron chi connectivity index (χ1n) is 3.82. The van der Waals surface area contributed by atoms with Crippen LogP contribution in [-0.4, -0.2) is 11.7 Å². The smallest absolute Gasteiger partial charge is 0.173 e. The third kappa shape index (κ3) is 2.06. The summed E-state index contributed by atoms with van der Waals surface area (Å²) in [5.74, 6) is -2.00. The van der Waals surface area contributed by atoms with Crippen molar-refractivity contribution in [2.75, 3.05) is 6.61 Å². The van der Waals surface area contributed by atoms with E-state index >= 15 is 0 Å². The minimum absolute atomic E-state index is 0.0917. The standard InChI is InChI=1S/C9H9BrF2O/c1-5(4-13)6-2-3-7(11)9(12)8(6)10/h2-3,5,13H,4H2,1H3. The first kappa shape index (κ1) is 10.6. The van der Waals surface area contributed by atoms with Gasteiger partial charge in [-0.25, -0.2) is 8.78 Å². The van der Waals surface area contributed by atoms with E-state index in [4.69, 9.17) is 5.11 Å². The molecule has 1 nitrogen and oxygen atoms in total. The van der Waals surface area contributed by atoms with Crippen molar-refractivity contribution in [3.05, 3.63) is 33.8 Å². The SMILES string of the molecule is CC(CO)c1ccc(F)c(F)c1Br. The van der Waals surface area contributed by atoms with Crippen LogP contribution in [0.15, 0.2) is 16.6 Å². The number of hydrogen-bond acceptors (Lipinski definition) is 1. The molecule has 0 aliphatic carbocycles. The molecular weight excluding hydrogens is 242 g/mol. The number of hydrogen-bond donors (Lipinski definition) is 1. The molecule has 0 amide bonds. The molecule has 0 saturated carbocycles. The van der Waals surface area contributed by atoms with Crippen LogP contribution in [0.1, 0.15) is 18.4 Å². The number of aliphatic hydroxyl groups excluding tert-OH is 1. The number of rotatable bonds is 2. The van der Waals surface area contributed by atoms with Gasteiger partial charge in [-0.15, -0.1) is 0 Å². The lowest BCUT2D eigenvalue weighted by molar-refractivity contribution is 0.272.